The molecule has 3 aromatic rings. The van der Waals surface area contributed by atoms with Crippen molar-refractivity contribution >= 4 is 35.0 Å². The van der Waals surface area contributed by atoms with E-state index in [1.54, 1.807) is 23.7 Å². The fraction of sp³-hybridized carbons (Fsp3) is 0.238. The minimum absolute atomic E-state index is 0.0624. The molecule has 0 bridgehead atoms. The van der Waals surface area contributed by atoms with Gasteiger partial charge >= 0.3 is 0 Å². The van der Waals surface area contributed by atoms with Crippen molar-refractivity contribution in [2.45, 2.75) is 25.4 Å². The number of hydrogen-bond donors (Lipinski definition) is 2. The van der Waals surface area contributed by atoms with E-state index in [1.807, 2.05) is 32.0 Å². The maximum Gasteiger partial charge on any atom is 0.234 e. The highest BCUT2D eigenvalue weighted by atomic mass is 32.2. The summed E-state index contributed by atoms with van der Waals surface area (Å²) in [6.45, 7) is 3.95. The van der Waals surface area contributed by atoms with Gasteiger partial charge in [-0.2, -0.15) is 0 Å². The van der Waals surface area contributed by atoms with Crippen molar-refractivity contribution in [1.82, 2.24) is 14.8 Å². The Morgan fingerprint density at radius 1 is 1.00 bits per heavy atom. The lowest BCUT2D eigenvalue weighted by Gasteiger charge is -2.10. The van der Waals surface area contributed by atoms with Crippen LogP contribution in [0.1, 0.15) is 17.0 Å². The van der Waals surface area contributed by atoms with E-state index in [-0.39, 0.29) is 23.8 Å². The van der Waals surface area contributed by atoms with Gasteiger partial charge in [-0.25, -0.2) is 4.39 Å². The van der Waals surface area contributed by atoms with Crippen LogP contribution in [0.25, 0.3) is 0 Å². The van der Waals surface area contributed by atoms with Crippen LogP contribution in [-0.4, -0.2) is 32.3 Å². The number of thioether (sulfide) groups is 1. The molecule has 0 spiro atoms. The number of carbonyl (C=O) groups excluding carboxylic acids is 2. The number of nitrogens with zero attached hydrogens (tertiary/aromatic N) is 3. The maximum absolute atomic E-state index is 13.7. The summed E-state index contributed by atoms with van der Waals surface area (Å²) in [7, 11) is 1.72. The fourth-order valence-electron chi connectivity index (χ4n) is 2.73. The Morgan fingerprint density at radius 3 is 2.47 bits per heavy atom. The van der Waals surface area contributed by atoms with Gasteiger partial charge in [0.05, 0.1) is 17.9 Å². The van der Waals surface area contributed by atoms with Gasteiger partial charge in [0.2, 0.25) is 11.8 Å². The number of carbonyl (C=O) groups is 2. The molecule has 0 unspecified atom stereocenters. The van der Waals surface area contributed by atoms with Crippen molar-refractivity contribution in [3.8, 4) is 0 Å². The number of amides is 2. The fourth-order valence-corrected chi connectivity index (χ4v) is 3.46. The second kappa shape index (κ2) is 9.53. The third-order valence-corrected chi connectivity index (χ3v) is 5.62. The summed E-state index contributed by atoms with van der Waals surface area (Å²) in [5.41, 5.74) is 3.02. The number of aromatic nitrogens is 3. The summed E-state index contributed by atoms with van der Waals surface area (Å²) < 4.78 is 15.3. The number of rotatable bonds is 7. The van der Waals surface area contributed by atoms with Gasteiger partial charge < -0.3 is 15.2 Å². The molecule has 1 aromatic heterocycles. The molecule has 0 saturated carbocycles. The second-order valence-corrected chi connectivity index (χ2v) is 7.69. The molecule has 9 heteroatoms. The third-order valence-electron chi connectivity index (χ3n) is 4.60. The Hall–Kier alpha value is -3.20. The predicted octanol–water partition coefficient (Wildman–Crippen LogP) is 3.48. The van der Waals surface area contributed by atoms with Crippen molar-refractivity contribution in [3.63, 3.8) is 0 Å². The van der Waals surface area contributed by atoms with Crippen LogP contribution in [-0.2, 0) is 23.1 Å². The van der Waals surface area contributed by atoms with Crippen molar-refractivity contribution in [2.75, 3.05) is 16.4 Å². The molecule has 0 saturated heterocycles. The van der Waals surface area contributed by atoms with E-state index in [0.717, 1.165) is 16.8 Å². The topological polar surface area (TPSA) is 88.9 Å². The molecule has 0 aliphatic heterocycles. The van der Waals surface area contributed by atoms with Gasteiger partial charge in [0.25, 0.3) is 0 Å². The van der Waals surface area contributed by atoms with Gasteiger partial charge in [0.15, 0.2) is 5.16 Å². The average Bonchev–Trinajstić information content (AvgIpc) is 3.05. The smallest absolute Gasteiger partial charge is 0.234 e. The minimum atomic E-state index is -0.505. The minimum Gasteiger partial charge on any atom is -0.325 e. The van der Waals surface area contributed by atoms with Gasteiger partial charge in [-0.05, 0) is 43.2 Å². The summed E-state index contributed by atoms with van der Waals surface area (Å²) in [6, 6.07) is 11.7. The van der Waals surface area contributed by atoms with E-state index in [2.05, 4.69) is 20.8 Å². The summed E-state index contributed by atoms with van der Waals surface area (Å²) in [5.74, 6) is -0.493. The average molecular weight is 428 g/mol. The lowest BCUT2D eigenvalue weighted by atomic mass is 10.1. The Balaban J connectivity index is 1.56. The van der Waals surface area contributed by atoms with E-state index >= 15 is 0 Å². The first-order chi connectivity index (χ1) is 14.3. The standard InChI is InChI=1S/C21H22FN5O2S/c1-13-7-6-10-16(14(13)2)23-20(29)12-30-21-26-25-18(27(21)3)11-19(28)24-17-9-5-4-8-15(17)22/h4-10H,11-12H2,1-3H3,(H,23,29)(H,24,28). The van der Waals surface area contributed by atoms with Gasteiger partial charge in [0.1, 0.15) is 11.6 Å². The molecule has 3 rings (SSSR count). The van der Waals surface area contributed by atoms with E-state index in [9.17, 15) is 14.0 Å². The van der Waals surface area contributed by atoms with Gasteiger partial charge in [-0.15, -0.1) is 10.2 Å². The molecule has 2 N–H and O–H groups in total. The van der Waals surface area contributed by atoms with E-state index in [1.165, 1.54) is 23.9 Å². The molecule has 0 fully saturated rings. The third kappa shape index (κ3) is 5.24. The molecule has 0 aliphatic rings. The predicted molar refractivity (Wildman–Crippen MR) is 115 cm³/mol. The Labute approximate surface area is 178 Å². The van der Waals surface area contributed by atoms with Crippen LogP contribution in [0, 0.1) is 19.7 Å². The molecule has 156 valence electrons. The summed E-state index contributed by atoms with van der Waals surface area (Å²) >= 11 is 1.22. The summed E-state index contributed by atoms with van der Waals surface area (Å²) in [5, 5.41) is 14.0. The van der Waals surface area contributed by atoms with E-state index in [0.29, 0.717) is 11.0 Å². The van der Waals surface area contributed by atoms with E-state index in [4.69, 9.17) is 0 Å². The van der Waals surface area contributed by atoms with Crippen LogP contribution in [0.5, 0.6) is 0 Å². The number of anilines is 2. The largest absolute Gasteiger partial charge is 0.325 e. The summed E-state index contributed by atoms with van der Waals surface area (Å²) in [4.78, 5) is 24.5. The number of hydrogen-bond acceptors (Lipinski definition) is 5. The monoisotopic (exact) mass is 427 g/mol. The van der Waals surface area contributed by atoms with Crippen LogP contribution in [0.4, 0.5) is 15.8 Å². The van der Waals surface area contributed by atoms with Crippen LogP contribution in [0.3, 0.4) is 0 Å². The molecular formula is C21H22FN5O2S. The van der Waals surface area contributed by atoms with Crippen molar-refractivity contribution in [3.05, 3.63) is 65.2 Å². The first-order valence-electron chi connectivity index (χ1n) is 9.26. The molecule has 2 amide bonds. The molecule has 0 radical (unpaired) electrons. The van der Waals surface area contributed by atoms with Crippen molar-refractivity contribution in [2.24, 2.45) is 7.05 Å². The highest BCUT2D eigenvalue weighted by Crippen LogP contribution is 2.20. The SMILES string of the molecule is Cc1cccc(NC(=O)CSc2nnc(CC(=O)Nc3ccccc3F)n2C)c1C. The van der Waals surface area contributed by atoms with Crippen LogP contribution < -0.4 is 10.6 Å². The molecular weight excluding hydrogens is 405 g/mol. The lowest BCUT2D eigenvalue weighted by Crippen LogP contribution is -2.18. The van der Waals surface area contributed by atoms with Crippen molar-refractivity contribution in [1.29, 1.82) is 0 Å². The van der Waals surface area contributed by atoms with Gasteiger partial charge in [-0.3, -0.25) is 9.59 Å². The molecule has 0 atom stereocenters. The maximum atomic E-state index is 13.7. The second-order valence-electron chi connectivity index (χ2n) is 6.75. The van der Waals surface area contributed by atoms with Crippen LogP contribution in [0.2, 0.25) is 0 Å². The number of para-hydroxylation sites is 1. The Bertz CT molecular complexity index is 1080. The zero-order chi connectivity index (χ0) is 21.7. The van der Waals surface area contributed by atoms with Crippen LogP contribution >= 0.6 is 11.8 Å². The summed E-state index contributed by atoms with van der Waals surface area (Å²) in [6.07, 6.45) is -0.0624. The molecule has 0 aliphatic carbocycles. The first-order valence-corrected chi connectivity index (χ1v) is 10.2. The number of halogens is 1. The Morgan fingerprint density at radius 2 is 1.70 bits per heavy atom. The normalized spacial score (nSPS) is 10.7. The highest BCUT2D eigenvalue weighted by molar-refractivity contribution is 7.99. The Kier molecular flexibility index (Phi) is 6.83. The quantitative estimate of drug-likeness (QED) is 0.564. The molecule has 7 nitrogen and oxygen atoms in total. The zero-order valence-corrected chi connectivity index (χ0v) is 17.7. The molecule has 2 aromatic carbocycles. The van der Waals surface area contributed by atoms with Gasteiger partial charge in [-0.1, -0.05) is 36.0 Å². The van der Waals surface area contributed by atoms with Crippen LogP contribution in [0.15, 0.2) is 47.6 Å². The molecule has 1 heterocycles. The lowest BCUT2D eigenvalue weighted by molar-refractivity contribution is -0.116. The zero-order valence-electron chi connectivity index (χ0n) is 16.9. The molecule has 30 heavy (non-hydrogen) atoms. The number of aryl methyl sites for hydroxylation is 1. The highest BCUT2D eigenvalue weighted by Gasteiger charge is 2.16. The van der Waals surface area contributed by atoms with Crippen molar-refractivity contribution < 1.29 is 14.0 Å². The van der Waals surface area contributed by atoms with Gasteiger partial charge in [0, 0.05) is 12.7 Å². The first kappa shape index (κ1) is 21.5. The number of nitrogens with one attached hydrogen (secondary N) is 2. The number of benzene rings is 2. The van der Waals surface area contributed by atoms with E-state index < -0.39 is 11.7 Å².